The van der Waals surface area contributed by atoms with E-state index >= 15 is 0 Å². The van der Waals surface area contributed by atoms with Gasteiger partial charge in [0.25, 0.3) is 0 Å². The third-order valence-corrected chi connectivity index (χ3v) is 5.75. The molecule has 0 N–H and O–H groups in total. The van der Waals surface area contributed by atoms with E-state index in [1.807, 2.05) is 24.3 Å². The number of carbonyl (C=O) groups excluding carboxylic acids is 2. The molecule has 3 aliphatic rings. The molecule has 0 spiro atoms. The van der Waals surface area contributed by atoms with E-state index in [4.69, 9.17) is 4.74 Å². The number of likely N-dealkylation sites (tertiary alicyclic amines) is 1. The number of rotatable bonds is 4. The number of carbonyl (C=O) groups is 2. The minimum atomic E-state index is -0.131. The highest BCUT2D eigenvalue weighted by atomic mass is 16.5. The first-order chi connectivity index (χ1) is 12.7. The molecule has 26 heavy (non-hydrogen) atoms. The number of imide groups is 1. The number of hydrogen-bond acceptors (Lipinski definition) is 5. The molecule has 1 aromatic carbocycles. The van der Waals surface area contributed by atoms with Gasteiger partial charge in [0.05, 0.1) is 25.6 Å². The van der Waals surface area contributed by atoms with Crippen LogP contribution in [0.4, 0.5) is 5.69 Å². The summed E-state index contributed by atoms with van der Waals surface area (Å²) in [5.74, 6) is 0.624. The molecule has 6 nitrogen and oxygen atoms in total. The van der Waals surface area contributed by atoms with Crippen LogP contribution in [0.15, 0.2) is 36.4 Å². The molecule has 0 aromatic heterocycles. The van der Waals surface area contributed by atoms with Crippen LogP contribution in [-0.2, 0) is 9.59 Å². The van der Waals surface area contributed by atoms with Crippen molar-refractivity contribution in [3.63, 3.8) is 0 Å². The van der Waals surface area contributed by atoms with Crippen LogP contribution in [0.1, 0.15) is 12.8 Å². The third-order valence-electron chi connectivity index (χ3n) is 5.75. The average molecular weight is 355 g/mol. The van der Waals surface area contributed by atoms with E-state index in [1.165, 1.54) is 10.6 Å². The number of ether oxygens (including phenoxy) is 1. The lowest BCUT2D eigenvalue weighted by Gasteiger charge is -2.37. The molecular formula is C20H25N3O3. The van der Waals surface area contributed by atoms with Crippen molar-refractivity contribution in [2.24, 2.45) is 11.8 Å². The second-order valence-corrected chi connectivity index (χ2v) is 7.20. The predicted octanol–water partition coefficient (Wildman–Crippen LogP) is 1.73. The fourth-order valence-corrected chi connectivity index (χ4v) is 4.15. The zero-order valence-corrected chi connectivity index (χ0v) is 15.1. The molecule has 4 rings (SSSR count). The molecule has 2 saturated heterocycles. The highest BCUT2D eigenvalue weighted by Crippen LogP contribution is 2.35. The maximum absolute atomic E-state index is 12.6. The summed E-state index contributed by atoms with van der Waals surface area (Å²) in [6, 6.07) is 8.08. The van der Waals surface area contributed by atoms with Gasteiger partial charge in [-0.2, -0.15) is 0 Å². The SMILES string of the molecule is COc1ccc(N2CCN(CN3C(=O)[C@H]4CC=CC[C@@H]4C3=O)CC2)cc1. The second-order valence-electron chi connectivity index (χ2n) is 7.20. The Morgan fingerprint density at radius 1 is 0.923 bits per heavy atom. The van der Waals surface area contributed by atoms with Gasteiger partial charge in [-0.05, 0) is 37.1 Å². The van der Waals surface area contributed by atoms with Crippen LogP contribution in [-0.4, -0.2) is 61.6 Å². The minimum absolute atomic E-state index is 0.0157. The second kappa shape index (κ2) is 7.11. The van der Waals surface area contributed by atoms with Gasteiger partial charge in [0.15, 0.2) is 0 Å². The summed E-state index contributed by atoms with van der Waals surface area (Å²) < 4.78 is 5.21. The summed E-state index contributed by atoms with van der Waals surface area (Å²) in [7, 11) is 1.67. The molecule has 2 heterocycles. The van der Waals surface area contributed by atoms with E-state index in [-0.39, 0.29) is 23.7 Å². The molecule has 2 atom stereocenters. The largest absolute Gasteiger partial charge is 0.497 e. The molecule has 1 aromatic rings. The number of anilines is 1. The Bertz CT molecular complexity index is 682. The van der Waals surface area contributed by atoms with Crippen LogP contribution in [0.25, 0.3) is 0 Å². The lowest BCUT2D eigenvalue weighted by atomic mass is 9.85. The number of fused-ring (bicyclic) bond motifs is 1. The molecule has 0 radical (unpaired) electrons. The topological polar surface area (TPSA) is 53.1 Å². The van der Waals surface area contributed by atoms with Gasteiger partial charge in [-0.3, -0.25) is 19.4 Å². The monoisotopic (exact) mass is 355 g/mol. The third kappa shape index (κ3) is 3.09. The van der Waals surface area contributed by atoms with Gasteiger partial charge in [-0.25, -0.2) is 0 Å². The standard InChI is InChI=1S/C20H25N3O3/c1-26-16-8-6-15(7-9-16)22-12-10-21(11-13-22)14-23-19(24)17-4-2-3-5-18(17)20(23)25/h2-3,6-9,17-18H,4-5,10-14H2,1H3/t17-,18-/m0/s1. The van der Waals surface area contributed by atoms with Crippen molar-refractivity contribution in [2.75, 3.05) is 44.9 Å². The predicted molar refractivity (Wildman–Crippen MR) is 98.9 cm³/mol. The van der Waals surface area contributed by atoms with E-state index in [1.54, 1.807) is 7.11 Å². The zero-order chi connectivity index (χ0) is 18.1. The molecule has 2 aliphatic heterocycles. The van der Waals surface area contributed by atoms with Crippen molar-refractivity contribution in [3.05, 3.63) is 36.4 Å². The fraction of sp³-hybridized carbons (Fsp3) is 0.500. The summed E-state index contributed by atoms with van der Waals surface area (Å²) in [4.78, 5) is 31.2. The molecule has 1 aliphatic carbocycles. The Balaban J connectivity index is 1.34. The number of amides is 2. The van der Waals surface area contributed by atoms with Crippen LogP contribution in [0.2, 0.25) is 0 Å². The smallest absolute Gasteiger partial charge is 0.234 e. The van der Waals surface area contributed by atoms with Gasteiger partial charge in [-0.1, -0.05) is 12.2 Å². The van der Waals surface area contributed by atoms with Crippen LogP contribution in [0, 0.1) is 11.8 Å². The maximum atomic E-state index is 12.6. The van der Waals surface area contributed by atoms with Crippen molar-refractivity contribution in [1.82, 2.24) is 9.80 Å². The van der Waals surface area contributed by atoms with Crippen molar-refractivity contribution in [3.8, 4) is 5.75 Å². The van der Waals surface area contributed by atoms with Gasteiger partial charge in [0.1, 0.15) is 5.75 Å². The summed E-state index contributed by atoms with van der Waals surface area (Å²) in [5.41, 5.74) is 1.18. The van der Waals surface area contributed by atoms with Crippen LogP contribution in [0.3, 0.4) is 0 Å². The van der Waals surface area contributed by atoms with Crippen molar-refractivity contribution < 1.29 is 14.3 Å². The quantitative estimate of drug-likeness (QED) is 0.608. The molecule has 2 fully saturated rings. The highest BCUT2D eigenvalue weighted by Gasteiger charge is 2.47. The Morgan fingerprint density at radius 3 is 2.04 bits per heavy atom. The lowest BCUT2D eigenvalue weighted by Crippen LogP contribution is -2.51. The van der Waals surface area contributed by atoms with Crippen molar-refractivity contribution in [2.45, 2.75) is 12.8 Å². The number of nitrogens with zero attached hydrogens (tertiary/aromatic N) is 3. The van der Waals surface area contributed by atoms with Gasteiger partial charge >= 0.3 is 0 Å². The molecule has 0 unspecified atom stereocenters. The van der Waals surface area contributed by atoms with Crippen LogP contribution < -0.4 is 9.64 Å². The Kier molecular flexibility index (Phi) is 4.68. The molecule has 0 saturated carbocycles. The summed E-state index contributed by atoms with van der Waals surface area (Å²) in [6.45, 7) is 3.89. The maximum Gasteiger partial charge on any atom is 0.234 e. The molecule has 138 valence electrons. The summed E-state index contributed by atoms with van der Waals surface area (Å²) in [5, 5.41) is 0. The van der Waals surface area contributed by atoms with Gasteiger partial charge in [0, 0.05) is 31.9 Å². The first-order valence-electron chi connectivity index (χ1n) is 9.29. The minimum Gasteiger partial charge on any atom is -0.497 e. The zero-order valence-electron chi connectivity index (χ0n) is 15.1. The van der Waals surface area contributed by atoms with Crippen molar-refractivity contribution in [1.29, 1.82) is 0 Å². The van der Waals surface area contributed by atoms with Crippen molar-refractivity contribution >= 4 is 17.5 Å². The van der Waals surface area contributed by atoms with E-state index < -0.39 is 0 Å². The van der Waals surface area contributed by atoms with Gasteiger partial charge < -0.3 is 9.64 Å². The first kappa shape index (κ1) is 17.1. The number of methoxy groups -OCH3 is 1. The molecule has 6 heteroatoms. The molecule has 0 bridgehead atoms. The number of allylic oxidation sites excluding steroid dienone is 2. The normalized spacial score (nSPS) is 26.3. The van der Waals surface area contributed by atoms with Gasteiger partial charge in [-0.15, -0.1) is 0 Å². The average Bonchev–Trinajstić information content (AvgIpc) is 2.94. The number of benzene rings is 1. The number of hydrogen-bond donors (Lipinski definition) is 0. The van der Waals surface area contributed by atoms with E-state index in [0.29, 0.717) is 19.5 Å². The number of piperazine rings is 1. The van der Waals surface area contributed by atoms with Gasteiger partial charge in [0.2, 0.25) is 11.8 Å². The molecular weight excluding hydrogens is 330 g/mol. The van der Waals surface area contributed by atoms with E-state index in [2.05, 4.69) is 21.9 Å². The van der Waals surface area contributed by atoms with Crippen LogP contribution >= 0.6 is 0 Å². The van der Waals surface area contributed by atoms with E-state index in [9.17, 15) is 9.59 Å². The Hall–Kier alpha value is -2.34. The summed E-state index contributed by atoms with van der Waals surface area (Å²) >= 11 is 0. The fourth-order valence-electron chi connectivity index (χ4n) is 4.15. The lowest BCUT2D eigenvalue weighted by molar-refractivity contribution is -0.142. The first-order valence-corrected chi connectivity index (χ1v) is 9.29. The highest BCUT2D eigenvalue weighted by molar-refractivity contribution is 6.05. The van der Waals surface area contributed by atoms with Crippen LogP contribution in [0.5, 0.6) is 5.75 Å². The Morgan fingerprint density at radius 2 is 1.50 bits per heavy atom. The van der Waals surface area contributed by atoms with E-state index in [0.717, 1.165) is 31.9 Å². The Labute approximate surface area is 154 Å². The molecule has 2 amide bonds. The summed E-state index contributed by atoms with van der Waals surface area (Å²) in [6.07, 6.45) is 5.47.